The predicted molar refractivity (Wildman–Crippen MR) is 232 cm³/mol. The molecule has 52 heteroatoms. The number of hydrogen-bond acceptors (Lipinski definition) is 0. The second-order valence-electron chi connectivity index (χ2n) is 20.8. The summed E-state index contributed by atoms with van der Waals surface area (Å²) in [4.78, 5) is 0. The maximum absolute atomic E-state index is 14.8. The van der Waals surface area contributed by atoms with Crippen LogP contribution in [0.5, 0.6) is 0 Å². The molecule has 0 saturated heterocycles. The van der Waals surface area contributed by atoms with Crippen LogP contribution in [0.1, 0.15) is 36.0 Å². The quantitative estimate of drug-likeness (QED) is 0.0461. The Hall–Kier alpha value is -5.48. The van der Waals surface area contributed by atoms with Crippen molar-refractivity contribution in [3.05, 3.63) is 89.5 Å². The van der Waals surface area contributed by atoms with Gasteiger partial charge < -0.3 is 0 Å². The van der Waals surface area contributed by atoms with Gasteiger partial charge in [0.15, 0.2) is 0 Å². The first-order valence-electron chi connectivity index (χ1n) is 24.6. The van der Waals surface area contributed by atoms with Crippen molar-refractivity contribution < 1.29 is 224 Å². The second kappa shape index (κ2) is 25.4. The Morgan fingerprint density at radius 1 is 0.160 bits per heavy atom. The largest absolute Gasteiger partial charge is 0.460 e. The maximum atomic E-state index is 14.8. The van der Waals surface area contributed by atoms with Crippen molar-refractivity contribution in [2.75, 3.05) is 0 Å². The summed E-state index contributed by atoms with van der Waals surface area (Å²) in [6.45, 7) is 0. The van der Waals surface area contributed by atoms with Gasteiger partial charge in [-0.25, -0.2) is 0 Å². The molecule has 0 aliphatic rings. The maximum Gasteiger partial charge on any atom is 0.460 e. The minimum Gasteiger partial charge on any atom is -0.200 e. The Bertz CT molecular complexity index is 2940. The van der Waals surface area contributed by atoms with Crippen LogP contribution in [0, 0.1) is 0 Å². The summed E-state index contributed by atoms with van der Waals surface area (Å²) in [7, 11) is -2.95. The summed E-state index contributed by atoms with van der Waals surface area (Å²) in [5, 5.41) is -1.85. The van der Waals surface area contributed by atoms with Gasteiger partial charge in [0.05, 0.1) is 0 Å². The van der Waals surface area contributed by atoms with Crippen molar-refractivity contribution in [1.29, 1.82) is 0 Å². The third kappa shape index (κ3) is 13.1. The zero-order valence-electron chi connectivity index (χ0n) is 45.9. The SMILES string of the molecule is FC(F)(F)C(F)(F)C(F)(F)C(F)(F)C(F)(F)C(F)(F)C(F)(F)C(F)(F)CCc1ccc(P(c2ccc(CCC(F)(F)C(F)(F)C(F)(F)C(F)(F)C(F)(F)C(F)(F)C(F)(F)C(F)(F)F)cc2)c2ccc(CCC(F)(F)C(F)(F)C(F)(F)C(F)(F)C(F)(F)C(F)(F)C(F)(F)C(F)(F)F)cc2)cc1. The minimum absolute atomic E-state index is 0.281. The lowest BCUT2D eigenvalue weighted by Gasteiger charge is -2.42. The predicted octanol–water partition coefficient (Wildman–Crippen LogP) is 21.3. The molecule has 0 bridgehead atoms. The Morgan fingerprint density at radius 3 is 0.410 bits per heavy atom. The van der Waals surface area contributed by atoms with Gasteiger partial charge in [-0.15, -0.1) is 0 Å². The highest BCUT2D eigenvalue weighted by Crippen LogP contribution is 2.68. The molecule has 0 atom stereocenters. The zero-order valence-corrected chi connectivity index (χ0v) is 46.8. The average molecular weight is 1600 g/mol. The van der Waals surface area contributed by atoms with E-state index in [1.54, 1.807) is 0 Å². The molecule has 3 aromatic rings. The molecule has 0 unspecified atom stereocenters. The van der Waals surface area contributed by atoms with Gasteiger partial charge in [-0.3, -0.25) is 0 Å². The average Bonchev–Trinajstić information content (AvgIpc) is 0.706. The number of hydrogen-bond donors (Lipinski definition) is 0. The smallest absolute Gasteiger partial charge is 0.200 e. The van der Waals surface area contributed by atoms with E-state index in [2.05, 4.69) is 0 Å². The molecule has 0 N–H and O–H groups in total. The van der Waals surface area contributed by atoms with Gasteiger partial charge in [0.25, 0.3) is 0 Å². The summed E-state index contributed by atoms with van der Waals surface area (Å²) in [5.41, 5.74) is -3.23. The van der Waals surface area contributed by atoms with Crippen LogP contribution in [0.4, 0.5) is 224 Å². The zero-order chi connectivity index (χ0) is 79.8. The lowest BCUT2D eigenvalue weighted by molar-refractivity contribution is -0.461. The van der Waals surface area contributed by atoms with Crippen LogP contribution in [-0.4, -0.2) is 143 Å². The topological polar surface area (TPSA) is 0 Å². The third-order valence-electron chi connectivity index (χ3n) is 14.1. The van der Waals surface area contributed by atoms with Gasteiger partial charge in [-0.05, 0) is 59.8 Å². The molecule has 578 valence electrons. The van der Waals surface area contributed by atoms with Gasteiger partial charge in [0.1, 0.15) is 0 Å². The van der Waals surface area contributed by atoms with E-state index in [1.807, 2.05) is 0 Å². The van der Waals surface area contributed by atoms with E-state index in [0.717, 1.165) is 0 Å². The Morgan fingerprint density at radius 2 is 0.280 bits per heavy atom. The van der Waals surface area contributed by atoms with E-state index in [-0.39, 0.29) is 36.4 Å². The summed E-state index contributed by atoms with van der Waals surface area (Å²) in [5.74, 6) is -179. The van der Waals surface area contributed by atoms with Gasteiger partial charge in [0.2, 0.25) is 0 Å². The molecular formula is C48H24F51P. The molecule has 0 amide bonds. The van der Waals surface area contributed by atoms with Crippen LogP contribution in [0.3, 0.4) is 0 Å². The lowest BCUT2D eigenvalue weighted by Crippen LogP contribution is -2.74. The summed E-state index contributed by atoms with van der Waals surface area (Å²) in [6.07, 6.45) is -39.9. The fourth-order valence-corrected chi connectivity index (χ4v) is 10.1. The fourth-order valence-electron chi connectivity index (χ4n) is 7.85. The van der Waals surface area contributed by atoms with E-state index in [0.29, 0.717) is 36.4 Å². The summed E-state index contributed by atoms with van der Waals surface area (Å²) >= 11 is 0. The number of aryl methyl sites for hydroxylation is 3. The van der Waals surface area contributed by atoms with Crippen molar-refractivity contribution in [2.45, 2.75) is 181 Å². The van der Waals surface area contributed by atoms with E-state index < -0.39 is 222 Å². The van der Waals surface area contributed by atoms with Crippen LogP contribution in [0.25, 0.3) is 0 Å². The van der Waals surface area contributed by atoms with E-state index >= 15 is 0 Å². The van der Waals surface area contributed by atoms with Crippen molar-refractivity contribution in [1.82, 2.24) is 0 Å². The molecule has 100 heavy (non-hydrogen) atoms. The Labute approximate surface area is 518 Å². The van der Waals surface area contributed by atoms with E-state index in [9.17, 15) is 224 Å². The van der Waals surface area contributed by atoms with Gasteiger partial charge in [0, 0.05) is 19.3 Å². The first kappa shape index (κ1) is 88.7. The van der Waals surface area contributed by atoms with Crippen molar-refractivity contribution in [3.8, 4) is 0 Å². The normalized spacial score (nSPS) is 16.1. The Kier molecular flexibility index (Phi) is 22.5. The number of alkyl halides is 51. The molecule has 0 aromatic heterocycles. The monoisotopic (exact) mass is 1600 g/mol. The molecule has 0 heterocycles. The summed E-state index contributed by atoms with van der Waals surface area (Å²) in [6, 6.07) is 4.33. The minimum atomic E-state index is -9.05. The van der Waals surface area contributed by atoms with Crippen LogP contribution < -0.4 is 15.9 Å². The highest BCUT2D eigenvalue weighted by Gasteiger charge is 2.98. The van der Waals surface area contributed by atoms with Crippen molar-refractivity contribution in [2.24, 2.45) is 0 Å². The lowest BCUT2D eigenvalue weighted by atomic mass is 9.87. The van der Waals surface area contributed by atoms with Crippen molar-refractivity contribution >= 4 is 23.8 Å². The molecule has 0 nitrogen and oxygen atoms in total. The standard InChI is InChI=1S/C48H24F51P/c49-25(50,28(55,56)31(61,62)34(67,68)37(73,74)40(79,80)43(85,86)46(91,92)93)16-13-19-1-7-22(8-2-19)100(23-9-3-20(4-10-23)14-17-26(51,52)29(57,58)32(63,64)35(69,70)38(75,76)41(81,82)44(87,88)47(94,95)96)24-11-5-21(6-12-24)15-18-27(53,54)30(59,60)33(65,66)36(71,72)39(77,78)42(83,84)45(89,90)48(97,98)99/h1-12H,13-18H2. The van der Waals surface area contributed by atoms with E-state index in [1.165, 1.54) is 0 Å². The van der Waals surface area contributed by atoms with Gasteiger partial charge in [-0.2, -0.15) is 224 Å². The molecule has 0 aliphatic carbocycles. The first-order valence-corrected chi connectivity index (χ1v) is 26.0. The molecule has 3 rings (SSSR count). The number of benzene rings is 3. The first-order chi connectivity index (χ1) is 43.4. The molecule has 0 spiro atoms. The fraction of sp³-hybridized carbons (Fsp3) is 0.625. The molecule has 3 aromatic carbocycles. The van der Waals surface area contributed by atoms with Crippen molar-refractivity contribution in [3.63, 3.8) is 0 Å². The van der Waals surface area contributed by atoms with Crippen LogP contribution >= 0.6 is 7.92 Å². The van der Waals surface area contributed by atoms with Crippen LogP contribution in [-0.2, 0) is 19.3 Å². The Balaban J connectivity index is 2.17. The highest BCUT2D eigenvalue weighted by molar-refractivity contribution is 7.79. The van der Waals surface area contributed by atoms with Crippen LogP contribution in [0.2, 0.25) is 0 Å². The van der Waals surface area contributed by atoms with Crippen LogP contribution in [0.15, 0.2) is 72.8 Å². The molecular weight excluding hydrogens is 1580 g/mol. The number of halogens is 51. The molecule has 0 aliphatic heterocycles. The van der Waals surface area contributed by atoms with E-state index in [4.69, 9.17) is 0 Å². The molecule has 0 radical (unpaired) electrons. The highest BCUT2D eigenvalue weighted by atomic mass is 31.1. The second-order valence-corrected chi connectivity index (χ2v) is 23.0. The summed E-state index contributed by atoms with van der Waals surface area (Å²) < 4.78 is 704. The third-order valence-corrected chi connectivity index (χ3v) is 16.6. The molecule has 0 fully saturated rings. The molecule has 0 saturated carbocycles. The van der Waals surface area contributed by atoms with Gasteiger partial charge in [-0.1, -0.05) is 72.8 Å². The van der Waals surface area contributed by atoms with Gasteiger partial charge >= 0.3 is 143 Å². The number of rotatable bonds is 30.